The average Bonchev–Trinajstić information content (AvgIpc) is 3.31. The van der Waals surface area contributed by atoms with Crippen LogP contribution in [0.15, 0.2) is 119 Å². The summed E-state index contributed by atoms with van der Waals surface area (Å²) in [4.78, 5) is 1.82. The Morgan fingerprint density at radius 3 is 2.19 bits per heavy atom. The molecule has 0 bridgehead atoms. The molecule has 2 nitrogen and oxygen atoms in total. The monoisotopic (exact) mass is 495 g/mol. The SMILES string of the molecule is FC(F)(F)c1cccc2c1N(Cc1cc3ccccc3o1)CC(Cc1ccccc1)=C2c1ccccc1. The fourth-order valence-electron chi connectivity index (χ4n) is 5.28. The van der Waals surface area contributed by atoms with Crippen molar-refractivity contribution in [2.45, 2.75) is 19.1 Å². The number of para-hydroxylation sites is 2. The highest BCUT2D eigenvalue weighted by atomic mass is 19.4. The van der Waals surface area contributed by atoms with Crippen LogP contribution in [0.4, 0.5) is 18.9 Å². The summed E-state index contributed by atoms with van der Waals surface area (Å²) in [6.07, 6.45) is -3.85. The van der Waals surface area contributed by atoms with Crippen LogP contribution >= 0.6 is 0 Å². The van der Waals surface area contributed by atoms with Crippen LogP contribution in [-0.2, 0) is 19.1 Å². The van der Waals surface area contributed by atoms with Gasteiger partial charge < -0.3 is 9.32 Å². The Morgan fingerprint density at radius 2 is 1.46 bits per heavy atom. The van der Waals surface area contributed by atoms with Crippen LogP contribution in [0, 0.1) is 0 Å². The molecular formula is C32H24F3NO. The second kappa shape index (κ2) is 9.32. The molecule has 37 heavy (non-hydrogen) atoms. The van der Waals surface area contributed by atoms with Gasteiger partial charge in [0.15, 0.2) is 0 Å². The summed E-state index contributed by atoms with van der Waals surface area (Å²) in [7, 11) is 0. The van der Waals surface area contributed by atoms with Crippen LogP contribution in [-0.4, -0.2) is 6.54 Å². The van der Waals surface area contributed by atoms with Crippen LogP contribution in [0.1, 0.15) is 28.0 Å². The van der Waals surface area contributed by atoms with Crippen LogP contribution in [0.5, 0.6) is 0 Å². The minimum Gasteiger partial charge on any atom is -0.459 e. The zero-order valence-electron chi connectivity index (χ0n) is 20.0. The molecule has 0 aliphatic carbocycles. The summed E-state index contributed by atoms with van der Waals surface area (Å²) in [6, 6.07) is 33.8. The summed E-state index contributed by atoms with van der Waals surface area (Å²) in [6.45, 7) is 0.589. The highest BCUT2D eigenvalue weighted by Gasteiger charge is 2.39. The summed E-state index contributed by atoms with van der Waals surface area (Å²) in [5.41, 5.74) is 4.85. The van der Waals surface area contributed by atoms with Crippen molar-refractivity contribution < 1.29 is 17.6 Å². The van der Waals surface area contributed by atoms with Crippen LogP contribution in [0.25, 0.3) is 16.5 Å². The summed E-state index contributed by atoms with van der Waals surface area (Å²) in [5, 5.41) is 0.934. The number of nitrogens with zero attached hydrogens (tertiary/aromatic N) is 1. The Hall–Kier alpha value is -4.25. The molecule has 0 unspecified atom stereocenters. The summed E-state index contributed by atoms with van der Waals surface area (Å²) in [5.74, 6) is 0.631. The number of anilines is 1. The molecule has 1 aliphatic heterocycles. The molecule has 5 aromatic rings. The Bertz CT molecular complexity index is 1550. The first-order chi connectivity index (χ1) is 18.0. The Balaban J connectivity index is 1.54. The first-order valence-corrected chi connectivity index (χ1v) is 12.2. The Kier molecular flexibility index (Phi) is 5.84. The third kappa shape index (κ3) is 4.53. The van der Waals surface area contributed by atoms with Crippen LogP contribution in [0.2, 0.25) is 0 Å². The van der Waals surface area contributed by atoms with Crippen LogP contribution in [0.3, 0.4) is 0 Å². The molecule has 4 aromatic carbocycles. The van der Waals surface area contributed by atoms with Gasteiger partial charge in [-0.15, -0.1) is 0 Å². The van der Waals surface area contributed by atoms with Crippen molar-refractivity contribution in [3.8, 4) is 0 Å². The van der Waals surface area contributed by atoms with Gasteiger partial charge >= 0.3 is 6.18 Å². The zero-order valence-corrected chi connectivity index (χ0v) is 20.0. The predicted octanol–water partition coefficient (Wildman–Crippen LogP) is 8.52. The molecule has 2 heterocycles. The van der Waals surface area contributed by atoms with Crippen molar-refractivity contribution >= 4 is 22.2 Å². The second-order valence-electron chi connectivity index (χ2n) is 9.31. The van der Waals surface area contributed by atoms with Gasteiger partial charge in [0.2, 0.25) is 0 Å². The molecule has 0 N–H and O–H groups in total. The lowest BCUT2D eigenvalue weighted by Crippen LogP contribution is -2.32. The van der Waals surface area contributed by atoms with E-state index in [0.29, 0.717) is 24.3 Å². The van der Waals surface area contributed by atoms with Crippen molar-refractivity contribution in [1.29, 1.82) is 0 Å². The molecular weight excluding hydrogens is 471 g/mol. The number of benzene rings is 4. The number of rotatable bonds is 5. The van der Waals surface area contributed by atoms with E-state index in [4.69, 9.17) is 4.42 Å². The second-order valence-corrected chi connectivity index (χ2v) is 9.31. The van der Waals surface area contributed by atoms with Crippen molar-refractivity contribution in [3.63, 3.8) is 0 Å². The molecule has 6 rings (SSSR count). The fraction of sp³-hybridized carbons (Fsp3) is 0.125. The van der Waals surface area contributed by atoms with Gasteiger partial charge in [0, 0.05) is 17.5 Å². The van der Waals surface area contributed by atoms with Gasteiger partial charge in [0.1, 0.15) is 11.3 Å². The van der Waals surface area contributed by atoms with E-state index in [1.165, 1.54) is 12.1 Å². The largest absolute Gasteiger partial charge is 0.459 e. The minimum atomic E-state index is -4.49. The van der Waals surface area contributed by atoms with E-state index in [1.807, 2.05) is 89.8 Å². The fourth-order valence-corrected chi connectivity index (χ4v) is 5.28. The third-order valence-electron chi connectivity index (χ3n) is 6.81. The van der Waals surface area contributed by atoms with Gasteiger partial charge in [-0.05, 0) is 46.9 Å². The lowest BCUT2D eigenvalue weighted by Gasteiger charge is -2.36. The van der Waals surface area contributed by atoms with Gasteiger partial charge in [-0.25, -0.2) is 0 Å². The third-order valence-corrected chi connectivity index (χ3v) is 6.81. The smallest absolute Gasteiger partial charge is 0.418 e. The Labute approximate surface area is 213 Å². The number of hydrogen-bond donors (Lipinski definition) is 0. The molecule has 0 radical (unpaired) electrons. The van der Waals surface area contributed by atoms with Crippen molar-refractivity contribution in [1.82, 2.24) is 0 Å². The maximum absolute atomic E-state index is 14.4. The highest BCUT2D eigenvalue weighted by molar-refractivity contribution is 5.92. The summed E-state index contributed by atoms with van der Waals surface area (Å²) >= 11 is 0. The van der Waals surface area contributed by atoms with Crippen LogP contribution < -0.4 is 4.90 Å². The average molecular weight is 496 g/mol. The molecule has 0 atom stereocenters. The molecule has 5 heteroatoms. The molecule has 0 fully saturated rings. The number of alkyl halides is 3. The van der Waals surface area contributed by atoms with Gasteiger partial charge in [-0.1, -0.05) is 91.0 Å². The molecule has 0 spiro atoms. The van der Waals surface area contributed by atoms with Gasteiger partial charge in [0.05, 0.1) is 17.8 Å². The van der Waals surface area contributed by atoms with Crippen molar-refractivity contribution in [3.05, 3.63) is 143 Å². The van der Waals surface area contributed by atoms with Gasteiger partial charge in [-0.2, -0.15) is 13.2 Å². The predicted molar refractivity (Wildman–Crippen MR) is 141 cm³/mol. The molecule has 0 saturated heterocycles. The van der Waals surface area contributed by atoms with Gasteiger partial charge in [-0.3, -0.25) is 0 Å². The number of fused-ring (bicyclic) bond motifs is 2. The van der Waals surface area contributed by atoms with E-state index in [9.17, 15) is 13.2 Å². The van der Waals surface area contributed by atoms with E-state index in [-0.39, 0.29) is 12.2 Å². The topological polar surface area (TPSA) is 16.4 Å². The number of halogens is 3. The number of hydrogen-bond acceptors (Lipinski definition) is 2. The van der Waals surface area contributed by atoms with Crippen molar-refractivity contribution in [2.75, 3.05) is 11.4 Å². The molecule has 1 aliphatic rings. The van der Waals surface area contributed by atoms with Crippen molar-refractivity contribution in [2.24, 2.45) is 0 Å². The number of furan rings is 1. The Morgan fingerprint density at radius 1 is 0.757 bits per heavy atom. The maximum atomic E-state index is 14.4. The maximum Gasteiger partial charge on any atom is 0.418 e. The van der Waals surface area contributed by atoms with E-state index in [1.54, 1.807) is 0 Å². The molecule has 0 amide bonds. The standard InChI is InChI=1S/C32H24F3NO/c33-32(34,35)28-16-9-15-27-30(23-12-5-2-6-13-23)25(18-22-10-3-1-4-11-22)20-36(31(27)28)21-26-19-24-14-7-8-17-29(24)37-26/h1-17,19H,18,20-21H2. The zero-order chi connectivity index (χ0) is 25.4. The molecule has 1 aromatic heterocycles. The first kappa shape index (κ1) is 23.2. The van der Waals surface area contributed by atoms with E-state index in [0.717, 1.165) is 33.2 Å². The van der Waals surface area contributed by atoms with E-state index >= 15 is 0 Å². The van der Waals surface area contributed by atoms with Gasteiger partial charge in [0.25, 0.3) is 0 Å². The lowest BCUT2D eigenvalue weighted by atomic mass is 9.84. The summed E-state index contributed by atoms with van der Waals surface area (Å²) < 4.78 is 49.1. The van der Waals surface area contributed by atoms with E-state index in [2.05, 4.69) is 12.1 Å². The highest BCUT2D eigenvalue weighted by Crippen LogP contribution is 2.47. The quantitative estimate of drug-likeness (QED) is 0.243. The first-order valence-electron chi connectivity index (χ1n) is 12.2. The lowest BCUT2D eigenvalue weighted by molar-refractivity contribution is -0.137. The molecule has 0 saturated carbocycles. The normalized spacial score (nSPS) is 13.8. The molecule has 184 valence electrons. The minimum absolute atomic E-state index is 0.200. The van der Waals surface area contributed by atoms with E-state index < -0.39 is 11.7 Å².